The molecule has 0 radical (unpaired) electrons. The van der Waals surface area contributed by atoms with Crippen LogP contribution in [-0.2, 0) is 4.79 Å². The molecule has 0 spiro atoms. The summed E-state index contributed by atoms with van der Waals surface area (Å²) in [7, 11) is 0. The Morgan fingerprint density at radius 2 is 2.05 bits per heavy atom. The molecule has 2 N–H and O–H groups in total. The minimum Gasteiger partial charge on any atom is -0.481 e. The van der Waals surface area contributed by atoms with E-state index in [9.17, 15) is 9.59 Å². The van der Waals surface area contributed by atoms with E-state index in [4.69, 9.17) is 5.11 Å². The molecule has 2 unspecified atom stereocenters. The van der Waals surface area contributed by atoms with Gasteiger partial charge in [0.15, 0.2) is 0 Å². The Bertz CT molecular complexity index is 493. The van der Waals surface area contributed by atoms with E-state index in [2.05, 4.69) is 26.2 Å². The third-order valence-corrected chi connectivity index (χ3v) is 3.80. The number of carboxylic acids is 1. The van der Waals surface area contributed by atoms with Crippen molar-refractivity contribution >= 4 is 27.8 Å². The van der Waals surface area contributed by atoms with Gasteiger partial charge in [-0.15, -0.1) is 0 Å². The summed E-state index contributed by atoms with van der Waals surface area (Å²) >= 11 is 3.25. The van der Waals surface area contributed by atoms with Gasteiger partial charge in [-0.05, 0) is 34.8 Å². The standard InChI is InChI=1S/C13H15BrN2O3/c14-9-5-8(6-15-7-9)12(17)16-11-4-2-1-3-10(11)13(18)19/h5-7,10-11H,1-4H2,(H,16,17)(H,18,19). The van der Waals surface area contributed by atoms with Crippen LogP contribution in [0.25, 0.3) is 0 Å². The molecule has 102 valence electrons. The van der Waals surface area contributed by atoms with Gasteiger partial charge in [0.2, 0.25) is 0 Å². The summed E-state index contributed by atoms with van der Waals surface area (Å²) in [6, 6.07) is 1.37. The van der Waals surface area contributed by atoms with Gasteiger partial charge in [-0.2, -0.15) is 0 Å². The van der Waals surface area contributed by atoms with Crippen LogP contribution in [0, 0.1) is 5.92 Å². The minimum atomic E-state index is -0.836. The Morgan fingerprint density at radius 3 is 2.74 bits per heavy atom. The highest BCUT2D eigenvalue weighted by Gasteiger charge is 2.31. The van der Waals surface area contributed by atoms with E-state index >= 15 is 0 Å². The number of hydrogen-bond acceptors (Lipinski definition) is 3. The van der Waals surface area contributed by atoms with E-state index in [1.54, 1.807) is 12.3 Å². The molecule has 1 aliphatic rings. The van der Waals surface area contributed by atoms with E-state index in [0.29, 0.717) is 18.4 Å². The zero-order chi connectivity index (χ0) is 13.8. The van der Waals surface area contributed by atoms with Crippen LogP contribution in [0.1, 0.15) is 36.0 Å². The number of rotatable bonds is 3. The van der Waals surface area contributed by atoms with Gasteiger partial charge in [-0.1, -0.05) is 12.8 Å². The van der Waals surface area contributed by atoms with Crippen LogP contribution in [0.15, 0.2) is 22.9 Å². The molecule has 1 aromatic rings. The molecule has 0 aliphatic heterocycles. The molecule has 1 amide bonds. The molecule has 0 saturated heterocycles. The van der Waals surface area contributed by atoms with E-state index < -0.39 is 11.9 Å². The summed E-state index contributed by atoms with van der Waals surface area (Å²) < 4.78 is 0.721. The first-order chi connectivity index (χ1) is 9.08. The number of nitrogens with one attached hydrogen (secondary N) is 1. The summed E-state index contributed by atoms with van der Waals surface area (Å²) in [5.74, 6) is -1.60. The van der Waals surface area contributed by atoms with Crippen LogP contribution in [0.4, 0.5) is 0 Å². The summed E-state index contributed by atoms with van der Waals surface area (Å²) in [5.41, 5.74) is 0.434. The second-order valence-corrected chi connectivity index (χ2v) is 5.62. The number of carbonyl (C=O) groups is 2. The van der Waals surface area contributed by atoms with Crippen molar-refractivity contribution in [3.8, 4) is 0 Å². The minimum absolute atomic E-state index is 0.271. The van der Waals surface area contributed by atoms with Gasteiger partial charge in [-0.3, -0.25) is 14.6 Å². The normalized spacial score (nSPS) is 22.8. The lowest BCUT2D eigenvalue weighted by Crippen LogP contribution is -2.45. The Kier molecular flexibility index (Phi) is 4.52. The Hall–Kier alpha value is -1.43. The quantitative estimate of drug-likeness (QED) is 0.892. The molecule has 0 aromatic carbocycles. The van der Waals surface area contributed by atoms with Crippen molar-refractivity contribution in [2.45, 2.75) is 31.7 Å². The average molecular weight is 327 g/mol. The SMILES string of the molecule is O=C(NC1CCCCC1C(=O)O)c1cncc(Br)c1. The second-order valence-electron chi connectivity index (χ2n) is 4.70. The van der Waals surface area contributed by atoms with Crippen molar-refractivity contribution in [1.82, 2.24) is 10.3 Å². The summed E-state index contributed by atoms with van der Waals surface area (Å²) in [6.45, 7) is 0. The summed E-state index contributed by atoms with van der Waals surface area (Å²) in [4.78, 5) is 27.2. The highest BCUT2D eigenvalue weighted by molar-refractivity contribution is 9.10. The molecule has 1 fully saturated rings. The van der Waals surface area contributed by atoms with E-state index in [1.807, 2.05) is 0 Å². The van der Waals surface area contributed by atoms with Crippen molar-refractivity contribution < 1.29 is 14.7 Å². The number of amides is 1. The maximum absolute atomic E-state index is 12.1. The number of pyridine rings is 1. The molecular formula is C13H15BrN2O3. The van der Waals surface area contributed by atoms with Crippen LogP contribution in [0.5, 0.6) is 0 Å². The van der Waals surface area contributed by atoms with Gasteiger partial charge in [0, 0.05) is 22.9 Å². The molecule has 0 bridgehead atoms. The van der Waals surface area contributed by atoms with Crippen LogP contribution in [0.2, 0.25) is 0 Å². The molecular weight excluding hydrogens is 312 g/mol. The number of aliphatic carboxylic acids is 1. The lowest BCUT2D eigenvalue weighted by atomic mass is 9.84. The van der Waals surface area contributed by atoms with Crippen molar-refractivity contribution in [2.75, 3.05) is 0 Å². The average Bonchev–Trinajstić information content (AvgIpc) is 2.39. The fraction of sp³-hybridized carbons (Fsp3) is 0.462. The Labute approximate surface area is 119 Å². The van der Waals surface area contributed by atoms with Crippen LogP contribution >= 0.6 is 15.9 Å². The van der Waals surface area contributed by atoms with Crippen molar-refractivity contribution in [1.29, 1.82) is 0 Å². The molecule has 6 heteroatoms. The zero-order valence-electron chi connectivity index (χ0n) is 10.3. The monoisotopic (exact) mass is 326 g/mol. The van der Waals surface area contributed by atoms with Crippen molar-refractivity contribution in [3.63, 3.8) is 0 Å². The van der Waals surface area contributed by atoms with Gasteiger partial charge < -0.3 is 10.4 Å². The number of carboxylic acid groups (broad SMARTS) is 1. The third-order valence-electron chi connectivity index (χ3n) is 3.37. The van der Waals surface area contributed by atoms with E-state index in [0.717, 1.165) is 17.3 Å². The number of aromatic nitrogens is 1. The van der Waals surface area contributed by atoms with E-state index in [1.165, 1.54) is 6.20 Å². The van der Waals surface area contributed by atoms with E-state index in [-0.39, 0.29) is 11.9 Å². The fourth-order valence-corrected chi connectivity index (χ4v) is 2.75. The maximum atomic E-state index is 12.1. The summed E-state index contributed by atoms with van der Waals surface area (Å²) in [6.07, 6.45) is 6.25. The molecule has 2 rings (SSSR count). The predicted molar refractivity (Wildman–Crippen MR) is 72.8 cm³/mol. The molecule has 1 heterocycles. The van der Waals surface area contributed by atoms with Crippen molar-refractivity contribution in [2.24, 2.45) is 5.92 Å². The van der Waals surface area contributed by atoms with Gasteiger partial charge >= 0.3 is 5.97 Å². The van der Waals surface area contributed by atoms with Gasteiger partial charge in [-0.25, -0.2) is 0 Å². The number of halogens is 1. The van der Waals surface area contributed by atoms with Gasteiger partial charge in [0.05, 0.1) is 11.5 Å². The second kappa shape index (κ2) is 6.14. The highest BCUT2D eigenvalue weighted by Crippen LogP contribution is 2.25. The molecule has 2 atom stereocenters. The molecule has 1 saturated carbocycles. The largest absolute Gasteiger partial charge is 0.481 e. The van der Waals surface area contributed by atoms with Crippen LogP contribution in [0.3, 0.4) is 0 Å². The zero-order valence-corrected chi connectivity index (χ0v) is 11.9. The first-order valence-electron chi connectivity index (χ1n) is 6.22. The Balaban J connectivity index is 2.07. The van der Waals surface area contributed by atoms with Crippen molar-refractivity contribution in [3.05, 3.63) is 28.5 Å². The molecule has 1 aliphatic carbocycles. The lowest BCUT2D eigenvalue weighted by molar-refractivity contribution is -0.143. The number of hydrogen-bond donors (Lipinski definition) is 2. The molecule has 5 nitrogen and oxygen atoms in total. The molecule has 1 aromatic heterocycles. The number of carbonyl (C=O) groups excluding carboxylic acids is 1. The van der Waals surface area contributed by atoms with Gasteiger partial charge in [0.1, 0.15) is 0 Å². The first-order valence-corrected chi connectivity index (χ1v) is 7.01. The highest BCUT2D eigenvalue weighted by atomic mass is 79.9. The number of nitrogens with zero attached hydrogens (tertiary/aromatic N) is 1. The smallest absolute Gasteiger partial charge is 0.308 e. The first kappa shape index (κ1) is 14.0. The Morgan fingerprint density at radius 1 is 1.32 bits per heavy atom. The predicted octanol–water partition coefficient (Wildman–Crippen LogP) is 2.22. The van der Waals surface area contributed by atoms with Gasteiger partial charge in [0.25, 0.3) is 5.91 Å². The third kappa shape index (κ3) is 3.53. The van der Waals surface area contributed by atoms with Crippen LogP contribution < -0.4 is 5.32 Å². The molecule has 19 heavy (non-hydrogen) atoms. The summed E-state index contributed by atoms with van der Waals surface area (Å²) in [5, 5.41) is 12.0. The van der Waals surface area contributed by atoms with Crippen LogP contribution in [-0.4, -0.2) is 28.0 Å². The maximum Gasteiger partial charge on any atom is 0.308 e. The topological polar surface area (TPSA) is 79.3 Å². The lowest BCUT2D eigenvalue weighted by Gasteiger charge is -2.29. The fourth-order valence-electron chi connectivity index (χ4n) is 2.39.